The van der Waals surface area contributed by atoms with Crippen LogP contribution in [0.5, 0.6) is 11.5 Å². The van der Waals surface area contributed by atoms with Gasteiger partial charge in [0.05, 0.1) is 14.2 Å². The third-order valence-corrected chi connectivity index (χ3v) is 4.87. The molecule has 3 aromatic rings. The number of anilines is 1. The van der Waals surface area contributed by atoms with Crippen LogP contribution < -0.4 is 20.1 Å². The third kappa shape index (κ3) is 6.65. The largest absolute Gasteiger partial charge is 0.493 e. The Morgan fingerprint density at radius 2 is 1.73 bits per heavy atom. The number of nitrogens with one attached hydrogen (secondary N) is 3. The Hall–Kier alpha value is -3.68. The molecule has 1 heterocycles. The monoisotopic (exact) mass is 453 g/mol. The number of carbonyl (C=O) groups excluding carboxylic acids is 2. The molecule has 0 fully saturated rings. The van der Waals surface area contributed by atoms with Gasteiger partial charge in [-0.15, -0.1) is 0 Å². The van der Waals surface area contributed by atoms with Crippen LogP contribution in [-0.2, 0) is 11.2 Å². The number of fused-ring (bicyclic) bond motifs is 1. The summed E-state index contributed by atoms with van der Waals surface area (Å²) < 4.78 is 15.7. The van der Waals surface area contributed by atoms with Crippen LogP contribution in [0.15, 0.2) is 42.5 Å². The van der Waals surface area contributed by atoms with E-state index in [0.717, 1.165) is 29.4 Å². The molecule has 1 aromatic heterocycles. The van der Waals surface area contributed by atoms with Gasteiger partial charge in [0, 0.05) is 40.5 Å². The van der Waals surface area contributed by atoms with Crippen molar-refractivity contribution in [3.05, 3.63) is 53.7 Å². The zero-order valence-electron chi connectivity index (χ0n) is 19.7. The lowest BCUT2D eigenvalue weighted by Gasteiger charge is -2.19. The Balaban J connectivity index is 1.59. The first-order chi connectivity index (χ1) is 15.7. The van der Waals surface area contributed by atoms with E-state index in [2.05, 4.69) is 15.6 Å². The fourth-order valence-electron chi connectivity index (χ4n) is 3.37. The second-order valence-corrected chi connectivity index (χ2v) is 8.65. The maximum Gasteiger partial charge on any atom is 0.407 e. The molecular weight excluding hydrogens is 422 g/mol. The van der Waals surface area contributed by atoms with E-state index in [0.29, 0.717) is 29.3 Å². The van der Waals surface area contributed by atoms with Gasteiger partial charge in [-0.25, -0.2) is 4.79 Å². The number of methoxy groups -OCH3 is 2. The molecule has 0 radical (unpaired) electrons. The van der Waals surface area contributed by atoms with Crippen molar-refractivity contribution >= 4 is 28.6 Å². The van der Waals surface area contributed by atoms with Crippen molar-refractivity contribution in [2.45, 2.75) is 39.2 Å². The highest BCUT2D eigenvalue weighted by Crippen LogP contribution is 2.30. The molecular formula is C25H31N3O5. The average molecular weight is 454 g/mol. The minimum absolute atomic E-state index is 0.214. The van der Waals surface area contributed by atoms with E-state index in [9.17, 15) is 9.59 Å². The molecule has 0 saturated carbocycles. The van der Waals surface area contributed by atoms with E-state index in [1.165, 1.54) is 0 Å². The molecule has 0 aliphatic carbocycles. The number of alkyl carbamates (subject to hydrolysis) is 1. The molecule has 0 spiro atoms. The molecule has 0 aliphatic heterocycles. The number of aryl methyl sites for hydroxylation is 1. The lowest BCUT2D eigenvalue weighted by molar-refractivity contribution is 0.0527. The Labute approximate surface area is 193 Å². The number of carbonyl (C=O) groups is 2. The van der Waals surface area contributed by atoms with Crippen molar-refractivity contribution in [2.75, 3.05) is 26.1 Å². The van der Waals surface area contributed by atoms with Gasteiger partial charge < -0.3 is 29.8 Å². The zero-order chi connectivity index (χ0) is 24.0. The van der Waals surface area contributed by atoms with E-state index in [4.69, 9.17) is 14.2 Å². The number of H-pyrrole nitrogens is 1. The summed E-state index contributed by atoms with van der Waals surface area (Å²) in [5.74, 6) is 0.925. The topological polar surface area (TPSA) is 102 Å². The van der Waals surface area contributed by atoms with Gasteiger partial charge in [-0.1, -0.05) is 0 Å². The van der Waals surface area contributed by atoms with Crippen molar-refractivity contribution < 1.29 is 23.8 Å². The highest BCUT2D eigenvalue weighted by Gasteiger charge is 2.15. The van der Waals surface area contributed by atoms with Crippen LogP contribution in [0.2, 0.25) is 0 Å². The van der Waals surface area contributed by atoms with E-state index >= 15 is 0 Å². The van der Waals surface area contributed by atoms with Gasteiger partial charge in [0.1, 0.15) is 5.60 Å². The zero-order valence-corrected chi connectivity index (χ0v) is 19.7. The Kier molecular flexibility index (Phi) is 7.48. The molecule has 2 aromatic carbocycles. The summed E-state index contributed by atoms with van der Waals surface area (Å²) >= 11 is 0. The summed E-state index contributed by atoms with van der Waals surface area (Å²) in [6.45, 7) is 6.02. The normalized spacial score (nSPS) is 11.2. The van der Waals surface area contributed by atoms with Crippen LogP contribution in [0, 0.1) is 0 Å². The van der Waals surface area contributed by atoms with Crippen molar-refractivity contribution in [1.82, 2.24) is 10.3 Å². The fourth-order valence-corrected chi connectivity index (χ4v) is 3.37. The van der Waals surface area contributed by atoms with Gasteiger partial charge in [0.25, 0.3) is 5.91 Å². The van der Waals surface area contributed by atoms with E-state index < -0.39 is 11.7 Å². The van der Waals surface area contributed by atoms with Crippen LogP contribution in [0.25, 0.3) is 10.9 Å². The molecule has 0 atom stereocenters. The molecule has 0 aliphatic rings. The summed E-state index contributed by atoms with van der Waals surface area (Å²) in [7, 11) is 3.11. The lowest BCUT2D eigenvalue weighted by atomic mass is 10.1. The van der Waals surface area contributed by atoms with E-state index in [-0.39, 0.29) is 5.91 Å². The molecule has 3 rings (SSSR count). The summed E-state index contributed by atoms with van der Waals surface area (Å²) in [5, 5.41) is 6.60. The minimum atomic E-state index is -0.509. The van der Waals surface area contributed by atoms with Gasteiger partial charge in [-0.05, 0) is 70.0 Å². The number of hydrogen-bond acceptors (Lipinski definition) is 5. The number of rotatable bonds is 8. The summed E-state index contributed by atoms with van der Waals surface area (Å²) in [6.07, 6.45) is 1.11. The SMILES string of the molecule is COc1ccc(NC(=O)c2ccc3[nH]c(CCCNC(=O)OC(C)(C)C)cc3c2)cc1OC. The Morgan fingerprint density at radius 1 is 0.970 bits per heavy atom. The number of benzene rings is 2. The average Bonchev–Trinajstić information content (AvgIpc) is 3.17. The maximum absolute atomic E-state index is 12.7. The Bertz CT molecular complexity index is 1130. The third-order valence-electron chi connectivity index (χ3n) is 4.87. The number of amides is 2. The quantitative estimate of drug-likeness (QED) is 0.421. The molecule has 0 saturated heterocycles. The first-order valence-electron chi connectivity index (χ1n) is 10.8. The molecule has 33 heavy (non-hydrogen) atoms. The van der Waals surface area contributed by atoms with Gasteiger partial charge in [0.2, 0.25) is 0 Å². The summed E-state index contributed by atoms with van der Waals surface area (Å²) in [5.41, 5.74) is 2.64. The predicted molar refractivity (Wildman–Crippen MR) is 128 cm³/mol. The number of hydrogen-bond donors (Lipinski definition) is 3. The number of aromatic amines is 1. The lowest BCUT2D eigenvalue weighted by Crippen LogP contribution is -2.33. The van der Waals surface area contributed by atoms with Gasteiger partial charge >= 0.3 is 6.09 Å². The number of ether oxygens (including phenoxy) is 3. The smallest absolute Gasteiger partial charge is 0.407 e. The first kappa shape index (κ1) is 24.0. The van der Waals surface area contributed by atoms with Crippen LogP contribution in [0.4, 0.5) is 10.5 Å². The second-order valence-electron chi connectivity index (χ2n) is 8.65. The van der Waals surface area contributed by atoms with E-state index in [1.807, 2.05) is 39.0 Å². The van der Waals surface area contributed by atoms with Gasteiger partial charge in [-0.2, -0.15) is 0 Å². The number of aromatic nitrogens is 1. The summed E-state index contributed by atoms with van der Waals surface area (Å²) in [4.78, 5) is 27.8. The predicted octanol–water partition coefficient (Wildman–Crippen LogP) is 4.89. The van der Waals surface area contributed by atoms with Crippen LogP contribution in [0.3, 0.4) is 0 Å². The standard InChI is InChI=1S/C25H31N3O5/c1-25(2,3)33-24(30)26-12-6-7-18-14-17-13-16(8-10-20(17)27-18)23(29)28-19-9-11-21(31-4)22(15-19)32-5/h8-11,13-15,27H,6-7,12H2,1-5H3,(H,26,30)(H,28,29). The maximum atomic E-state index is 12.7. The molecule has 2 amide bonds. The van der Waals surface area contributed by atoms with Crippen molar-refractivity contribution in [3.8, 4) is 11.5 Å². The van der Waals surface area contributed by atoms with Crippen molar-refractivity contribution in [3.63, 3.8) is 0 Å². The molecule has 3 N–H and O–H groups in total. The first-order valence-corrected chi connectivity index (χ1v) is 10.8. The van der Waals surface area contributed by atoms with Gasteiger partial charge in [0.15, 0.2) is 11.5 Å². The van der Waals surface area contributed by atoms with Crippen molar-refractivity contribution in [1.29, 1.82) is 0 Å². The van der Waals surface area contributed by atoms with Crippen molar-refractivity contribution in [2.24, 2.45) is 0 Å². The molecule has 176 valence electrons. The highest BCUT2D eigenvalue weighted by molar-refractivity contribution is 6.06. The molecule has 0 unspecified atom stereocenters. The molecule has 8 nitrogen and oxygen atoms in total. The molecule has 8 heteroatoms. The highest BCUT2D eigenvalue weighted by atomic mass is 16.6. The van der Waals surface area contributed by atoms with E-state index in [1.54, 1.807) is 38.5 Å². The summed E-state index contributed by atoms with van der Waals surface area (Å²) in [6, 6.07) is 12.8. The van der Waals surface area contributed by atoms with Crippen LogP contribution in [-0.4, -0.2) is 43.3 Å². The van der Waals surface area contributed by atoms with Crippen LogP contribution >= 0.6 is 0 Å². The minimum Gasteiger partial charge on any atom is -0.493 e. The fraction of sp³-hybridized carbons (Fsp3) is 0.360. The van der Waals surface area contributed by atoms with Crippen LogP contribution in [0.1, 0.15) is 43.2 Å². The molecule has 0 bridgehead atoms. The second kappa shape index (κ2) is 10.3. The van der Waals surface area contributed by atoms with Gasteiger partial charge in [-0.3, -0.25) is 4.79 Å². The Morgan fingerprint density at radius 3 is 2.42 bits per heavy atom.